The number of thiophene rings is 1. The number of hydrogen-bond acceptors (Lipinski definition) is 5. The van der Waals surface area contributed by atoms with Crippen molar-refractivity contribution in [1.82, 2.24) is 9.62 Å². The van der Waals surface area contributed by atoms with E-state index in [0.717, 1.165) is 36.5 Å². The van der Waals surface area contributed by atoms with Crippen molar-refractivity contribution in [2.75, 3.05) is 26.2 Å². The molecule has 1 aliphatic rings. The van der Waals surface area contributed by atoms with Crippen molar-refractivity contribution < 1.29 is 8.42 Å². The van der Waals surface area contributed by atoms with E-state index in [9.17, 15) is 8.42 Å². The third-order valence-electron chi connectivity index (χ3n) is 3.83. The van der Waals surface area contributed by atoms with Crippen LogP contribution in [0.2, 0.25) is 0 Å². The van der Waals surface area contributed by atoms with Gasteiger partial charge in [0.2, 0.25) is 10.0 Å². The standard InChI is InChI=1S/C13H23N3O2S2/c1-3-16-5-4-11(9-16)8-15-20(17,18)13-6-10(2)12(7-14)19-13/h6,11,15H,3-5,7-9,14H2,1-2H3. The van der Waals surface area contributed by atoms with Gasteiger partial charge in [-0.3, -0.25) is 0 Å². The molecule has 1 unspecified atom stereocenters. The first-order valence-corrected chi connectivity index (χ1v) is 9.27. The molecule has 0 amide bonds. The van der Waals surface area contributed by atoms with E-state index < -0.39 is 10.0 Å². The lowest BCUT2D eigenvalue weighted by Crippen LogP contribution is -2.30. The molecule has 2 heterocycles. The highest BCUT2D eigenvalue weighted by Crippen LogP contribution is 2.25. The largest absolute Gasteiger partial charge is 0.326 e. The van der Waals surface area contributed by atoms with Crippen LogP contribution >= 0.6 is 11.3 Å². The van der Waals surface area contributed by atoms with E-state index in [4.69, 9.17) is 5.73 Å². The second-order valence-electron chi connectivity index (χ2n) is 5.28. The van der Waals surface area contributed by atoms with Crippen molar-refractivity contribution in [2.45, 2.75) is 31.0 Å². The molecule has 1 aromatic heterocycles. The number of hydrogen-bond donors (Lipinski definition) is 2. The SMILES string of the molecule is CCN1CCC(CNS(=O)(=O)c2cc(C)c(CN)s2)C1. The van der Waals surface area contributed by atoms with E-state index in [-0.39, 0.29) is 0 Å². The number of aryl methyl sites for hydroxylation is 1. The van der Waals surface area contributed by atoms with Gasteiger partial charge in [-0.25, -0.2) is 13.1 Å². The summed E-state index contributed by atoms with van der Waals surface area (Å²) in [4.78, 5) is 3.28. The van der Waals surface area contributed by atoms with Gasteiger partial charge < -0.3 is 10.6 Å². The molecular weight excluding hydrogens is 294 g/mol. The van der Waals surface area contributed by atoms with Gasteiger partial charge in [0.25, 0.3) is 0 Å². The predicted octanol–water partition coefficient (Wildman–Crippen LogP) is 1.14. The van der Waals surface area contributed by atoms with Crippen LogP contribution in [0.3, 0.4) is 0 Å². The molecule has 0 aromatic carbocycles. The third-order valence-corrected chi connectivity index (χ3v) is 6.98. The van der Waals surface area contributed by atoms with Crippen molar-refractivity contribution in [3.63, 3.8) is 0 Å². The molecule has 114 valence electrons. The Hall–Kier alpha value is -0.470. The fourth-order valence-electron chi connectivity index (χ4n) is 2.49. The molecule has 1 saturated heterocycles. The van der Waals surface area contributed by atoms with Gasteiger partial charge >= 0.3 is 0 Å². The maximum absolute atomic E-state index is 12.3. The lowest BCUT2D eigenvalue weighted by Gasteiger charge is -2.13. The van der Waals surface area contributed by atoms with E-state index in [0.29, 0.717) is 23.2 Å². The number of nitrogens with two attached hydrogens (primary N) is 1. The number of rotatable bonds is 6. The average Bonchev–Trinajstić information content (AvgIpc) is 3.02. The highest BCUT2D eigenvalue weighted by atomic mass is 32.2. The Bertz CT molecular complexity index is 554. The number of likely N-dealkylation sites (tertiary alicyclic amines) is 1. The van der Waals surface area contributed by atoms with E-state index in [1.807, 2.05) is 6.92 Å². The Balaban J connectivity index is 1.97. The summed E-state index contributed by atoms with van der Waals surface area (Å²) in [7, 11) is -3.39. The summed E-state index contributed by atoms with van der Waals surface area (Å²) >= 11 is 1.27. The molecule has 7 heteroatoms. The summed E-state index contributed by atoms with van der Waals surface area (Å²) in [6.45, 7) is 8.03. The van der Waals surface area contributed by atoms with Crippen LogP contribution in [-0.2, 0) is 16.6 Å². The van der Waals surface area contributed by atoms with Gasteiger partial charge in [0, 0.05) is 24.5 Å². The van der Waals surface area contributed by atoms with Gasteiger partial charge in [0.15, 0.2) is 0 Å². The molecule has 2 rings (SSSR count). The van der Waals surface area contributed by atoms with Crippen LogP contribution in [-0.4, -0.2) is 39.5 Å². The predicted molar refractivity (Wildman–Crippen MR) is 82.4 cm³/mol. The van der Waals surface area contributed by atoms with Crippen molar-refractivity contribution in [3.8, 4) is 0 Å². The first-order valence-electron chi connectivity index (χ1n) is 6.97. The topological polar surface area (TPSA) is 75.4 Å². The van der Waals surface area contributed by atoms with Crippen LogP contribution in [0.1, 0.15) is 23.8 Å². The minimum Gasteiger partial charge on any atom is -0.326 e. The number of nitrogens with one attached hydrogen (secondary N) is 1. The molecule has 1 fully saturated rings. The van der Waals surface area contributed by atoms with Crippen molar-refractivity contribution in [2.24, 2.45) is 11.7 Å². The molecule has 0 spiro atoms. The van der Waals surface area contributed by atoms with Crippen LogP contribution in [0, 0.1) is 12.8 Å². The Morgan fingerprint density at radius 3 is 2.85 bits per heavy atom. The summed E-state index contributed by atoms with van der Waals surface area (Å²) in [6.07, 6.45) is 1.06. The first kappa shape index (κ1) is 15.9. The Morgan fingerprint density at radius 2 is 2.30 bits per heavy atom. The Morgan fingerprint density at radius 1 is 1.55 bits per heavy atom. The van der Waals surface area contributed by atoms with Crippen molar-refractivity contribution >= 4 is 21.4 Å². The molecule has 1 aromatic rings. The van der Waals surface area contributed by atoms with Gasteiger partial charge in [0.05, 0.1) is 0 Å². The van der Waals surface area contributed by atoms with Gasteiger partial charge in [0.1, 0.15) is 4.21 Å². The van der Waals surface area contributed by atoms with Gasteiger partial charge in [-0.05, 0) is 44.0 Å². The van der Waals surface area contributed by atoms with Crippen LogP contribution in [0.4, 0.5) is 0 Å². The van der Waals surface area contributed by atoms with E-state index in [1.165, 1.54) is 11.3 Å². The molecular formula is C13H23N3O2S2. The van der Waals surface area contributed by atoms with Gasteiger partial charge in [-0.1, -0.05) is 6.92 Å². The molecule has 5 nitrogen and oxygen atoms in total. The number of nitrogens with zero attached hydrogens (tertiary/aromatic N) is 1. The quantitative estimate of drug-likeness (QED) is 0.825. The Kier molecular flexibility index (Phi) is 5.19. The second kappa shape index (κ2) is 6.53. The molecule has 1 aliphatic heterocycles. The average molecular weight is 317 g/mol. The highest BCUT2D eigenvalue weighted by molar-refractivity contribution is 7.91. The molecule has 0 aliphatic carbocycles. The lowest BCUT2D eigenvalue weighted by molar-refractivity contribution is 0.342. The third kappa shape index (κ3) is 3.59. The zero-order valence-corrected chi connectivity index (χ0v) is 13.7. The summed E-state index contributed by atoms with van der Waals surface area (Å²) < 4.78 is 27.7. The highest BCUT2D eigenvalue weighted by Gasteiger charge is 2.24. The van der Waals surface area contributed by atoms with Gasteiger partial charge in [-0.15, -0.1) is 11.3 Å². The van der Waals surface area contributed by atoms with E-state index in [2.05, 4.69) is 16.5 Å². The fourth-order valence-corrected chi connectivity index (χ4v) is 5.12. The van der Waals surface area contributed by atoms with Crippen LogP contribution < -0.4 is 10.5 Å². The monoisotopic (exact) mass is 317 g/mol. The summed E-state index contributed by atoms with van der Waals surface area (Å²) in [5.74, 6) is 0.416. The van der Waals surface area contributed by atoms with Gasteiger partial charge in [-0.2, -0.15) is 0 Å². The second-order valence-corrected chi connectivity index (χ2v) is 8.41. The molecule has 0 saturated carbocycles. The normalized spacial score (nSPS) is 20.6. The molecule has 20 heavy (non-hydrogen) atoms. The summed E-state index contributed by atoms with van der Waals surface area (Å²) in [5.41, 5.74) is 6.56. The smallest absolute Gasteiger partial charge is 0.250 e. The molecule has 1 atom stereocenters. The molecule has 0 radical (unpaired) electrons. The van der Waals surface area contributed by atoms with Crippen LogP contribution in [0.25, 0.3) is 0 Å². The van der Waals surface area contributed by atoms with Crippen molar-refractivity contribution in [3.05, 3.63) is 16.5 Å². The minimum atomic E-state index is -3.39. The maximum atomic E-state index is 12.3. The molecule has 0 bridgehead atoms. The minimum absolute atomic E-state index is 0.376. The zero-order chi connectivity index (χ0) is 14.8. The first-order chi connectivity index (χ1) is 9.46. The zero-order valence-electron chi connectivity index (χ0n) is 12.1. The summed E-state index contributed by atoms with van der Waals surface area (Å²) in [5, 5.41) is 0. The molecule has 3 N–H and O–H groups in total. The maximum Gasteiger partial charge on any atom is 0.250 e. The van der Waals surface area contributed by atoms with Crippen molar-refractivity contribution in [1.29, 1.82) is 0 Å². The van der Waals surface area contributed by atoms with Crippen LogP contribution in [0.15, 0.2) is 10.3 Å². The van der Waals surface area contributed by atoms with E-state index in [1.54, 1.807) is 6.07 Å². The fraction of sp³-hybridized carbons (Fsp3) is 0.692. The van der Waals surface area contributed by atoms with Crippen LogP contribution in [0.5, 0.6) is 0 Å². The number of sulfonamides is 1. The van der Waals surface area contributed by atoms with E-state index >= 15 is 0 Å². The Labute approximate surface area is 125 Å². The lowest BCUT2D eigenvalue weighted by atomic mass is 10.1. The summed E-state index contributed by atoms with van der Waals surface area (Å²) in [6, 6.07) is 1.71.